The van der Waals surface area contributed by atoms with E-state index in [1.54, 1.807) is 45.3 Å². The van der Waals surface area contributed by atoms with Crippen LogP contribution in [0.25, 0.3) is 0 Å². The van der Waals surface area contributed by atoms with Gasteiger partial charge >= 0.3 is 12.1 Å². The Labute approximate surface area is 142 Å². The van der Waals surface area contributed by atoms with Crippen LogP contribution in [-0.4, -0.2) is 55.7 Å². The second kappa shape index (κ2) is 5.98. The minimum absolute atomic E-state index is 0.165. The second-order valence-electron chi connectivity index (χ2n) is 8.91. The normalized spacial score (nSPS) is 34.3. The average Bonchev–Trinajstić information content (AvgIpc) is 2.56. The zero-order valence-electron chi connectivity index (χ0n) is 15.3. The molecule has 0 spiro atoms. The van der Waals surface area contributed by atoms with Gasteiger partial charge in [-0.15, -0.1) is 0 Å². The van der Waals surface area contributed by atoms with Crippen molar-refractivity contribution >= 4 is 14.3 Å². The van der Waals surface area contributed by atoms with Crippen molar-refractivity contribution in [3.8, 4) is 0 Å². The van der Waals surface area contributed by atoms with Gasteiger partial charge in [0.1, 0.15) is 11.6 Å². The van der Waals surface area contributed by atoms with Crippen LogP contribution >= 0.6 is 0 Å². The number of carbonyl (C=O) groups is 1. The number of alkyl halides is 3. The molecule has 2 heterocycles. The molecule has 0 aromatic carbocycles. The standard InChI is InChI=1S/C16H28F3NO3Si/c1-14(2,3)22-13(21)12-11-7-8-20(12)10-15(9-11,16(17,18)19)23-24(4,5)6/h11-12H,7-10H2,1-6H3. The summed E-state index contributed by atoms with van der Waals surface area (Å²) in [5.41, 5.74) is -2.82. The summed E-state index contributed by atoms with van der Waals surface area (Å²) in [6.45, 7) is 10.8. The third-order valence-electron chi connectivity index (χ3n) is 4.34. The van der Waals surface area contributed by atoms with Gasteiger partial charge in [-0.2, -0.15) is 13.2 Å². The molecule has 2 saturated heterocycles. The van der Waals surface area contributed by atoms with Crippen LogP contribution in [0.1, 0.15) is 33.6 Å². The van der Waals surface area contributed by atoms with Crippen molar-refractivity contribution in [3.05, 3.63) is 0 Å². The Hall–Kier alpha value is -0.603. The third-order valence-corrected chi connectivity index (χ3v) is 5.35. The predicted octanol–water partition coefficient (Wildman–Crippen LogP) is 3.57. The number of esters is 1. The predicted molar refractivity (Wildman–Crippen MR) is 87.1 cm³/mol. The summed E-state index contributed by atoms with van der Waals surface area (Å²) in [4.78, 5) is 14.1. The summed E-state index contributed by atoms with van der Waals surface area (Å²) < 4.78 is 52.6. The maximum absolute atomic E-state index is 13.9. The minimum Gasteiger partial charge on any atom is -0.459 e. The highest BCUT2D eigenvalue weighted by Gasteiger charge is 2.64. The molecule has 0 amide bonds. The van der Waals surface area contributed by atoms with E-state index in [1.165, 1.54) is 0 Å². The van der Waals surface area contributed by atoms with Gasteiger partial charge in [0, 0.05) is 6.54 Å². The lowest BCUT2D eigenvalue weighted by Gasteiger charge is -2.48. The molecule has 0 aliphatic carbocycles. The van der Waals surface area contributed by atoms with Gasteiger partial charge in [0.2, 0.25) is 0 Å². The van der Waals surface area contributed by atoms with Gasteiger partial charge in [-0.1, -0.05) is 0 Å². The molecule has 0 radical (unpaired) electrons. The Kier molecular flexibility index (Phi) is 4.92. The Balaban J connectivity index is 2.25. The van der Waals surface area contributed by atoms with Crippen molar-refractivity contribution in [1.82, 2.24) is 4.90 Å². The van der Waals surface area contributed by atoms with Crippen molar-refractivity contribution in [2.75, 3.05) is 13.1 Å². The lowest BCUT2D eigenvalue weighted by molar-refractivity contribution is -0.271. The molecule has 2 aliphatic heterocycles. The molecule has 24 heavy (non-hydrogen) atoms. The van der Waals surface area contributed by atoms with Crippen LogP contribution in [-0.2, 0) is 14.0 Å². The van der Waals surface area contributed by atoms with E-state index in [0.717, 1.165) is 0 Å². The maximum atomic E-state index is 13.9. The van der Waals surface area contributed by atoms with Crippen LogP contribution in [0.4, 0.5) is 13.2 Å². The number of ether oxygens (including phenoxy) is 1. The summed E-state index contributed by atoms with van der Waals surface area (Å²) in [7, 11) is -2.41. The van der Waals surface area contributed by atoms with Crippen LogP contribution in [0.3, 0.4) is 0 Å². The smallest absolute Gasteiger partial charge is 0.417 e. The van der Waals surface area contributed by atoms with Crippen LogP contribution in [0.2, 0.25) is 19.6 Å². The van der Waals surface area contributed by atoms with Crippen LogP contribution < -0.4 is 0 Å². The zero-order chi connectivity index (χ0) is 18.6. The molecule has 4 atom stereocenters. The topological polar surface area (TPSA) is 38.8 Å². The molecule has 0 aromatic heterocycles. The highest BCUT2D eigenvalue weighted by atomic mass is 28.4. The number of nitrogens with zero attached hydrogens (tertiary/aromatic N) is 1. The first-order valence-electron chi connectivity index (χ1n) is 8.37. The summed E-state index contributed by atoms with van der Waals surface area (Å²) in [5, 5.41) is 0. The zero-order valence-corrected chi connectivity index (χ0v) is 16.3. The van der Waals surface area contributed by atoms with Gasteiger partial charge in [-0.25, -0.2) is 0 Å². The first kappa shape index (κ1) is 19.7. The Morgan fingerprint density at radius 2 is 1.79 bits per heavy atom. The third kappa shape index (κ3) is 4.14. The number of hydrogen-bond acceptors (Lipinski definition) is 4. The fraction of sp³-hybridized carbons (Fsp3) is 0.938. The SMILES string of the molecule is CC(C)(C)OC(=O)C1C2CCN1CC(O[Si](C)(C)C)(C(F)(F)F)C2. The van der Waals surface area contributed by atoms with Crippen LogP contribution in [0, 0.1) is 5.92 Å². The molecule has 0 N–H and O–H groups in total. The molecule has 2 aliphatic rings. The number of carbonyl (C=O) groups excluding carboxylic acids is 1. The van der Waals surface area contributed by atoms with E-state index in [1.807, 2.05) is 0 Å². The molecule has 0 aromatic rings. The molecule has 2 fully saturated rings. The largest absolute Gasteiger partial charge is 0.459 e. The van der Waals surface area contributed by atoms with Gasteiger partial charge in [-0.3, -0.25) is 9.69 Å². The monoisotopic (exact) mass is 367 g/mol. The molecule has 2 rings (SSSR count). The molecule has 8 heteroatoms. The first-order chi connectivity index (χ1) is 10.6. The Morgan fingerprint density at radius 1 is 1.21 bits per heavy atom. The number of halogens is 3. The second-order valence-corrected chi connectivity index (χ2v) is 13.3. The molecular formula is C16H28F3NO3Si. The van der Waals surface area contributed by atoms with E-state index >= 15 is 0 Å². The molecule has 2 bridgehead atoms. The van der Waals surface area contributed by atoms with Crippen molar-refractivity contribution in [1.29, 1.82) is 0 Å². The number of piperidine rings is 1. The number of hydrogen-bond donors (Lipinski definition) is 0. The molecule has 140 valence electrons. The van der Waals surface area contributed by atoms with Gasteiger partial charge in [0.05, 0.1) is 0 Å². The Morgan fingerprint density at radius 3 is 2.21 bits per heavy atom. The lowest BCUT2D eigenvalue weighted by Crippen LogP contribution is -2.65. The lowest BCUT2D eigenvalue weighted by atomic mass is 9.82. The minimum atomic E-state index is -4.45. The van der Waals surface area contributed by atoms with Gasteiger partial charge in [-0.05, 0) is 65.7 Å². The van der Waals surface area contributed by atoms with Gasteiger partial charge in [0.15, 0.2) is 13.9 Å². The fourth-order valence-electron chi connectivity index (χ4n) is 3.76. The highest BCUT2D eigenvalue weighted by Crippen LogP contribution is 2.49. The van der Waals surface area contributed by atoms with E-state index < -0.39 is 37.7 Å². The van der Waals surface area contributed by atoms with Crippen molar-refractivity contribution in [3.63, 3.8) is 0 Å². The van der Waals surface area contributed by atoms with E-state index in [0.29, 0.717) is 13.0 Å². The average molecular weight is 367 g/mol. The van der Waals surface area contributed by atoms with Gasteiger partial charge in [0.25, 0.3) is 0 Å². The number of fused-ring (bicyclic) bond motifs is 2. The van der Waals surface area contributed by atoms with Crippen LogP contribution in [0.15, 0.2) is 0 Å². The van der Waals surface area contributed by atoms with Crippen molar-refractivity contribution < 1.29 is 27.1 Å². The van der Waals surface area contributed by atoms with Crippen molar-refractivity contribution in [2.45, 2.75) is 76.7 Å². The van der Waals surface area contributed by atoms with E-state index in [9.17, 15) is 18.0 Å². The number of rotatable bonds is 3. The molecular weight excluding hydrogens is 339 g/mol. The van der Waals surface area contributed by atoms with Crippen molar-refractivity contribution in [2.24, 2.45) is 5.92 Å². The summed E-state index contributed by atoms with van der Waals surface area (Å²) in [5.74, 6) is -0.805. The summed E-state index contributed by atoms with van der Waals surface area (Å²) in [6, 6.07) is -0.593. The van der Waals surface area contributed by atoms with Gasteiger partial charge < -0.3 is 9.16 Å². The van der Waals surface area contributed by atoms with E-state index in [-0.39, 0.29) is 18.9 Å². The van der Waals surface area contributed by atoms with Crippen LogP contribution in [0.5, 0.6) is 0 Å². The maximum Gasteiger partial charge on any atom is 0.417 e. The Bertz CT molecular complexity index is 482. The fourth-order valence-corrected chi connectivity index (χ4v) is 5.20. The quantitative estimate of drug-likeness (QED) is 0.565. The van der Waals surface area contributed by atoms with E-state index in [4.69, 9.17) is 9.16 Å². The summed E-state index contributed by atoms with van der Waals surface area (Å²) >= 11 is 0. The molecule has 0 saturated carbocycles. The highest BCUT2D eigenvalue weighted by molar-refractivity contribution is 6.69. The molecule has 4 nitrogen and oxygen atoms in total. The first-order valence-corrected chi connectivity index (χ1v) is 11.8. The summed E-state index contributed by atoms with van der Waals surface area (Å²) in [6.07, 6.45) is -4.05. The molecule has 4 unspecified atom stereocenters. The van der Waals surface area contributed by atoms with E-state index in [2.05, 4.69) is 0 Å².